The number of hydrogen-bond donors (Lipinski definition) is 0. The Hall–Kier alpha value is -1.17. The van der Waals surface area contributed by atoms with Crippen molar-refractivity contribution in [3.63, 3.8) is 0 Å². The van der Waals surface area contributed by atoms with Gasteiger partial charge >= 0.3 is 0 Å². The molecule has 1 fully saturated rings. The number of anilines is 1. The topological polar surface area (TPSA) is 19.4 Å². The number of aromatic nitrogens is 1. The second-order valence-corrected chi connectivity index (χ2v) is 6.62. The number of rotatable bonds is 3. The highest BCUT2D eigenvalue weighted by atomic mass is 35.5. The Kier molecular flexibility index (Phi) is 4.73. The lowest BCUT2D eigenvalue weighted by Gasteiger charge is -2.22. The van der Waals surface area contributed by atoms with Gasteiger partial charge in [0.1, 0.15) is 0 Å². The fourth-order valence-corrected chi connectivity index (χ4v) is 3.49. The largest absolute Gasteiger partial charge is 0.353 e. The summed E-state index contributed by atoms with van der Waals surface area (Å²) in [6, 6.07) is 5.57. The number of pyridine rings is 1. The van der Waals surface area contributed by atoms with Crippen molar-refractivity contribution in [2.45, 2.75) is 13.0 Å². The molecule has 0 radical (unpaired) electrons. The van der Waals surface area contributed by atoms with Crippen LogP contribution in [0.2, 0.25) is 5.02 Å². The van der Waals surface area contributed by atoms with Gasteiger partial charge in [-0.1, -0.05) is 17.7 Å². The van der Waals surface area contributed by atoms with Gasteiger partial charge in [0.25, 0.3) is 0 Å². The highest BCUT2D eigenvalue weighted by Gasteiger charge is 2.19. The van der Waals surface area contributed by atoms with Gasteiger partial charge in [0.2, 0.25) is 0 Å². The fourth-order valence-electron chi connectivity index (χ4n) is 2.60. The van der Waals surface area contributed by atoms with E-state index in [-0.39, 0.29) is 5.82 Å². The number of hydrogen-bond acceptors (Lipinski definition) is 4. The average molecular weight is 326 g/mol. The highest BCUT2D eigenvalue weighted by molar-refractivity contribution is 7.09. The molecule has 2 aromatic heterocycles. The van der Waals surface area contributed by atoms with Crippen LogP contribution < -0.4 is 4.90 Å². The van der Waals surface area contributed by atoms with Crippen LogP contribution >= 0.6 is 22.9 Å². The smallest absolute Gasteiger partial charge is 0.167 e. The molecule has 0 aliphatic carbocycles. The maximum atomic E-state index is 14.0. The van der Waals surface area contributed by atoms with Gasteiger partial charge in [-0.2, -0.15) is 0 Å². The van der Waals surface area contributed by atoms with Gasteiger partial charge in [-0.25, -0.2) is 9.37 Å². The molecule has 0 amide bonds. The molecule has 0 saturated carbocycles. The van der Waals surface area contributed by atoms with Crippen molar-refractivity contribution in [1.29, 1.82) is 0 Å². The third-order valence-electron chi connectivity index (χ3n) is 3.64. The van der Waals surface area contributed by atoms with Crippen LogP contribution in [0.25, 0.3) is 0 Å². The highest BCUT2D eigenvalue weighted by Crippen LogP contribution is 2.21. The lowest BCUT2D eigenvalue weighted by atomic mass is 10.3. The zero-order valence-corrected chi connectivity index (χ0v) is 13.2. The zero-order chi connectivity index (χ0) is 14.7. The summed E-state index contributed by atoms with van der Waals surface area (Å²) in [5.41, 5.74) is 0. The van der Waals surface area contributed by atoms with Crippen molar-refractivity contribution in [1.82, 2.24) is 9.88 Å². The van der Waals surface area contributed by atoms with E-state index in [0.717, 1.165) is 39.1 Å². The SMILES string of the molecule is Fc1cc(Cl)cnc1N1CCCN(Cc2cccs2)CC1. The van der Waals surface area contributed by atoms with Crippen LogP contribution in [0, 0.1) is 5.82 Å². The molecule has 0 N–H and O–H groups in total. The van der Waals surface area contributed by atoms with E-state index in [1.807, 2.05) is 4.90 Å². The van der Waals surface area contributed by atoms with Crippen LogP contribution in [-0.4, -0.2) is 36.1 Å². The lowest BCUT2D eigenvalue weighted by molar-refractivity contribution is 0.288. The first kappa shape index (κ1) is 14.8. The van der Waals surface area contributed by atoms with Gasteiger partial charge in [-0.05, 0) is 23.9 Å². The molecule has 3 rings (SSSR count). The van der Waals surface area contributed by atoms with E-state index in [4.69, 9.17) is 11.6 Å². The van der Waals surface area contributed by atoms with Crippen molar-refractivity contribution in [2.75, 3.05) is 31.1 Å². The molecule has 0 aromatic carbocycles. The quantitative estimate of drug-likeness (QED) is 0.858. The summed E-state index contributed by atoms with van der Waals surface area (Å²) >= 11 is 7.55. The predicted molar refractivity (Wildman–Crippen MR) is 85.6 cm³/mol. The third-order valence-corrected chi connectivity index (χ3v) is 4.70. The molecular weight excluding hydrogens is 309 g/mol. The molecule has 2 aromatic rings. The molecule has 21 heavy (non-hydrogen) atoms. The van der Waals surface area contributed by atoms with E-state index in [0.29, 0.717) is 10.8 Å². The summed E-state index contributed by atoms with van der Waals surface area (Å²) < 4.78 is 14.0. The number of nitrogens with zero attached hydrogens (tertiary/aromatic N) is 3. The Morgan fingerprint density at radius 2 is 2.19 bits per heavy atom. The zero-order valence-electron chi connectivity index (χ0n) is 11.6. The minimum absolute atomic E-state index is 0.338. The van der Waals surface area contributed by atoms with Gasteiger partial charge in [0.15, 0.2) is 11.6 Å². The molecule has 0 unspecified atom stereocenters. The minimum Gasteiger partial charge on any atom is -0.353 e. The Bertz CT molecular complexity index is 591. The van der Waals surface area contributed by atoms with E-state index in [1.165, 1.54) is 17.1 Å². The van der Waals surface area contributed by atoms with Gasteiger partial charge in [-0.3, -0.25) is 4.90 Å². The van der Waals surface area contributed by atoms with Crippen molar-refractivity contribution >= 4 is 28.8 Å². The maximum absolute atomic E-state index is 14.0. The van der Waals surface area contributed by atoms with E-state index in [9.17, 15) is 4.39 Å². The first-order valence-electron chi connectivity index (χ1n) is 7.03. The van der Waals surface area contributed by atoms with Crippen molar-refractivity contribution in [3.8, 4) is 0 Å². The predicted octanol–water partition coefficient (Wildman–Crippen LogP) is 3.65. The Labute approximate surface area is 133 Å². The Morgan fingerprint density at radius 3 is 2.95 bits per heavy atom. The average Bonchev–Trinajstić information content (AvgIpc) is 2.85. The molecule has 0 bridgehead atoms. The van der Waals surface area contributed by atoms with E-state index in [2.05, 4.69) is 27.4 Å². The van der Waals surface area contributed by atoms with Crippen LogP contribution in [-0.2, 0) is 6.54 Å². The van der Waals surface area contributed by atoms with Crippen LogP contribution in [0.4, 0.5) is 10.2 Å². The Balaban J connectivity index is 1.65. The first-order valence-corrected chi connectivity index (χ1v) is 8.29. The molecule has 3 nitrogen and oxygen atoms in total. The van der Waals surface area contributed by atoms with E-state index in [1.54, 1.807) is 11.3 Å². The van der Waals surface area contributed by atoms with E-state index < -0.39 is 0 Å². The molecule has 1 saturated heterocycles. The number of thiophene rings is 1. The summed E-state index contributed by atoms with van der Waals surface area (Å²) in [6.45, 7) is 4.54. The second-order valence-electron chi connectivity index (χ2n) is 5.16. The van der Waals surface area contributed by atoms with Crippen molar-refractivity contribution < 1.29 is 4.39 Å². The van der Waals surface area contributed by atoms with Crippen LogP contribution in [0.3, 0.4) is 0 Å². The van der Waals surface area contributed by atoms with Gasteiger partial charge < -0.3 is 4.90 Å². The van der Waals surface area contributed by atoms with Crippen LogP contribution in [0.15, 0.2) is 29.8 Å². The summed E-state index contributed by atoms with van der Waals surface area (Å²) in [5.74, 6) is 0.0755. The molecule has 0 spiro atoms. The monoisotopic (exact) mass is 325 g/mol. The second kappa shape index (κ2) is 6.73. The number of halogens is 2. The molecule has 1 aliphatic rings. The first-order chi connectivity index (χ1) is 10.2. The van der Waals surface area contributed by atoms with Crippen molar-refractivity contribution in [3.05, 3.63) is 45.5 Å². The maximum Gasteiger partial charge on any atom is 0.167 e. The van der Waals surface area contributed by atoms with Crippen LogP contribution in [0.1, 0.15) is 11.3 Å². The standard InChI is InChI=1S/C15H17ClFN3S/c16-12-9-14(17)15(18-10-12)20-5-2-4-19(6-7-20)11-13-3-1-8-21-13/h1,3,8-10H,2,4-7,11H2. The normalized spacial score (nSPS) is 17.0. The lowest BCUT2D eigenvalue weighted by Crippen LogP contribution is -2.31. The Morgan fingerprint density at radius 1 is 1.29 bits per heavy atom. The molecular formula is C15H17ClFN3S. The van der Waals surface area contributed by atoms with Gasteiger partial charge in [-0.15, -0.1) is 11.3 Å². The molecule has 3 heterocycles. The summed E-state index contributed by atoms with van der Waals surface area (Å²) in [6.07, 6.45) is 2.52. The molecule has 0 atom stereocenters. The molecule has 112 valence electrons. The van der Waals surface area contributed by atoms with Crippen LogP contribution in [0.5, 0.6) is 0 Å². The molecule has 1 aliphatic heterocycles. The fraction of sp³-hybridized carbons (Fsp3) is 0.400. The summed E-state index contributed by atoms with van der Waals surface area (Å²) in [4.78, 5) is 9.95. The summed E-state index contributed by atoms with van der Waals surface area (Å²) in [7, 11) is 0. The van der Waals surface area contributed by atoms with Gasteiger partial charge in [0.05, 0.1) is 5.02 Å². The summed E-state index contributed by atoms with van der Waals surface area (Å²) in [5, 5.41) is 2.44. The van der Waals surface area contributed by atoms with E-state index >= 15 is 0 Å². The molecule has 6 heteroatoms. The minimum atomic E-state index is -0.339. The van der Waals surface area contributed by atoms with Crippen molar-refractivity contribution in [2.24, 2.45) is 0 Å². The third kappa shape index (κ3) is 3.73. The van der Waals surface area contributed by atoms with Gasteiger partial charge in [0, 0.05) is 43.8 Å².